The Kier molecular flexibility index (Phi) is 9.30. The average molecular weight is 381 g/mol. The van der Waals surface area contributed by atoms with Crippen molar-refractivity contribution in [2.45, 2.75) is 32.8 Å². The minimum absolute atomic E-state index is 0.361. The van der Waals surface area contributed by atoms with Crippen LogP contribution in [0, 0.1) is 11.3 Å². The molecule has 0 fully saturated rings. The van der Waals surface area contributed by atoms with E-state index in [-0.39, 0.29) is 6.54 Å². The van der Waals surface area contributed by atoms with Crippen molar-refractivity contribution in [3.8, 4) is 6.07 Å². The Hall–Kier alpha value is -1.92. The van der Waals surface area contributed by atoms with Crippen molar-refractivity contribution in [3.05, 3.63) is 34.7 Å². The van der Waals surface area contributed by atoms with Crippen LogP contribution in [0.5, 0.6) is 0 Å². The molecule has 0 aliphatic carbocycles. The number of nitrogens with zero attached hydrogens (tertiary/aromatic N) is 2. The molecular weight excluding hydrogens is 354 g/mol. The Bertz CT molecular complexity index is 718. The minimum atomic E-state index is -4.05. The number of nitriles is 1. The summed E-state index contributed by atoms with van der Waals surface area (Å²) in [6, 6.07) is 9.01. The van der Waals surface area contributed by atoms with E-state index in [9.17, 15) is 18.8 Å². The van der Waals surface area contributed by atoms with Gasteiger partial charge in [0.05, 0.1) is 12.7 Å². The van der Waals surface area contributed by atoms with Crippen LogP contribution in [0.25, 0.3) is 6.08 Å². The molecule has 0 amide bonds. The standard InChI is InChI=1S/C18H27N3O4S/c1-3-9-21(10-4-2)16-7-5-15(6-8-16)11-18(12-19)26(24,25)20-13-17(23)14-22/h5-8,11,17,20,22-23H,3-4,9-10,13-14H2,1-2H3/b18-11+. The predicted molar refractivity (Wildman–Crippen MR) is 103 cm³/mol. The minimum Gasteiger partial charge on any atom is -0.394 e. The van der Waals surface area contributed by atoms with Crippen molar-refractivity contribution in [2.75, 3.05) is 31.1 Å². The van der Waals surface area contributed by atoms with Gasteiger partial charge in [-0.2, -0.15) is 5.26 Å². The van der Waals surface area contributed by atoms with Crippen LogP contribution in [0.2, 0.25) is 0 Å². The smallest absolute Gasteiger partial charge is 0.250 e. The third-order valence-electron chi connectivity index (χ3n) is 3.66. The fourth-order valence-electron chi connectivity index (χ4n) is 2.36. The molecule has 1 rings (SSSR count). The molecule has 3 N–H and O–H groups in total. The molecule has 0 heterocycles. The summed E-state index contributed by atoms with van der Waals surface area (Å²) >= 11 is 0. The Morgan fingerprint density at radius 3 is 2.31 bits per heavy atom. The van der Waals surface area contributed by atoms with Gasteiger partial charge in [0.1, 0.15) is 6.07 Å². The van der Waals surface area contributed by atoms with E-state index >= 15 is 0 Å². The van der Waals surface area contributed by atoms with Crippen LogP contribution in [-0.2, 0) is 10.0 Å². The molecule has 0 spiro atoms. The molecule has 0 aromatic heterocycles. The van der Waals surface area contributed by atoms with Crippen LogP contribution in [0.4, 0.5) is 5.69 Å². The van der Waals surface area contributed by atoms with E-state index in [2.05, 4.69) is 23.5 Å². The van der Waals surface area contributed by atoms with Gasteiger partial charge in [0.2, 0.25) is 0 Å². The Morgan fingerprint density at radius 2 is 1.85 bits per heavy atom. The number of aliphatic hydroxyl groups excluding tert-OH is 2. The summed E-state index contributed by atoms with van der Waals surface area (Å²) in [4.78, 5) is 1.81. The monoisotopic (exact) mass is 381 g/mol. The van der Waals surface area contributed by atoms with Gasteiger partial charge in [0.15, 0.2) is 4.91 Å². The highest BCUT2D eigenvalue weighted by Crippen LogP contribution is 2.18. The van der Waals surface area contributed by atoms with Crippen molar-refractivity contribution < 1.29 is 18.6 Å². The van der Waals surface area contributed by atoms with Crippen LogP contribution < -0.4 is 9.62 Å². The van der Waals surface area contributed by atoms with E-state index in [0.29, 0.717) is 5.56 Å². The molecule has 1 aromatic rings. The van der Waals surface area contributed by atoms with Gasteiger partial charge in [0, 0.05) is 25.3 Å². The first-order valence-electron chi connectivity index (χ1n) is 8.63. The largest absolute Gasteiger partial charge is 0.394 e. The lowest BCUT2D eigenvalue weighted by molar-refractivity contribution is 0.0989. The summed E-state index contributed by atoms with van der Waals surface area (Å²) < 4.78 is 26.4. The summed E-state index contributed by atoms with van der Waals surface area (Å²) in [6.45, 7) is 5.19. The van der Waals surface area contributed by atoms with Gasteiger partial charge in [-0.1, -0.05) is 26.0 Å². The van der Waals surface area contributed by atoms with E-state index in [0.717, 1.165) is 31.6 Å². The van der Waals surface area contributed by atoms with Crippen LogP contribution >= 0.6 is 0 Å². The van der Waals surface area contributed by atoms with Gasteiger partial charge in [-0.25, -0.2) is 13.1 Å². The van der Waals surface area contributed by atoms with Crippen molar-refractivity contribution in [1.82, 2.24) is 4.72 Å². The molecule has 8 heteroatoms. The second kappa shape index (κ2) is 10.9. The first-order valence-corrected chi connectivity index (χ1v) is 10.1. The van der Waals surface area contributed by atoms with E-state index in [4.69, 9.17) is 5.11 Å². The van der Waals surface area contributed by atoms with Gasteiger partial charge in [0.25, 0.3) is 10.0 Å². The molecule has 0 saturated heterocycles. The first-order chi connectivity index (χ1) is 12.4. The first kappa shape index (κ1) is 22.1. The fraction of sp³-hybridized carbons (Fsp3) is 0.500. The number of hydrogen-bond donors (Lipinski definition) is 3. The molecule has 0 aliphatic heterocycles. The lowest BCUT2D eigenvalue weighted by Gasteiger charge is -2.23. The molecule has 7 nitrogen and oxygen atoms in total. The molecular formula is C18H27N3O4S. The van der Waals surface area contributed by atoms with Gasteiger partial charge < -0.3 is 15.1 Å². The van der Waals surface area contributed by atoms with Gasteiger partial charge in [-0.05, 0) is 36.6 Å². The number of hydrogen-bond acceptors (Lipinski definition) is 6. The van der Waals surface area contributed by atoms with Crippen molar-refractivity contribution in [1.29, 1.82) is 5.26 Å². The zero-order valence-electron chi connectivity index (χ0n) is 15.2. The molecule has 1 atom stereocenters. The topological polar surface area (TPSA) is 114 Å². The van der Waals surface area contributed by atoms with Crippen LogP contribution in [-0.4, -0.2) is 51.0 Å². The molecule has 0 radical (unpaired) electrons. The molecule has 1 unspecified atom stereocenters. The second-order valence-corrected chi connectivity index (χ2v) is 7.62. The summed E-state index contributed by atoms with van der Waals surface area (Å²) in [6.07, 6.45) is 2.13. The Balaban J connectivity index is 2.97. The van der Waals surface area contributed by atoms with E-state index < -0.39 is 27.6 Å². The normalized spacial score (nSPS) is 13.3. The van der Waals surface area contributed by atoms with Gasteiger partial charge >= 0.3 is 0 Å². The number of nitrogens with one attached hydrogen (secondary N) is 1. The summed E-state index contributed by atoms with van der Waals surface area (Å²) in [5.41, 5.74) is 1.64. The predicted octanol–water partition coefficient (Wildman–Crippen LogP) is 1.45. The van der Waals surface area contributed by atoms with Gasteiger partial charge in [-0.15, -0.1) is 0 Å². The molecule has 0 aliphatic rings. The summed E-state index contributed by atoms with van der Waals surface area (Å²) in [5.74, 6) is 0. The maximum atomic E-state index is 12.1. The van der Waals surface area contributed by atoms with Gasteiger partial charge in [-0.3, -0.25) is 0 Å². The van der Waals surface area contributed by atoms with Crippen LogP contribution in [0.15, 0.2) is 29.2 Å². The highest BCUT2D eigenvalue weighted by atomic mass is 32.2. The average Bonchev–Trinajstić information content (AvgIpc) is 2.64. The molecule has 144 valence electrons. The lowest BCUT2D eigenvalue weighted by atomic mass is 10.1. The SMILES string of the molecule is CCCN(CCC)c1ccc(/C=C(\C#N)S(=O)(=O)NCC(O)CO)cc1. The fourth-order valence-corrected chi connectivity index (χ4v) is 3.34. The maximum absolute atomic E-state index is 12.1. The van der Waals surface area contributed by atoms with E-state index in [1.807, 2.05) is 12.1 Å². The lowest BCUT2D eigenvalue weighted by Crippen LogP contribution is -2.34. The third kappa shape index (κ3) is 6.77. The highest BCUT2D eigenvalue weighted by molar-refractivity contribution is 7.93. The van der Waals surface area contributed by atoms with E-state index in [1.54, 1.807) is 18.2 Å². The maximum Gasteiger partial charge on any atom is 0.250 e. The Morgan fingerprint density at radius 1 is 1.27 bits per heavy atom. The van der Waals surface area contributed by atoms with Crippen molar-refractivity contribution in [3.63, 3.8) is 0 Å². The van der Waals surface area contributed by atoms with E-state index in [1.165, 1.54) is 6.08 Å². The molecule has 0 bridgehead atoms. The van der Waals surface area contributed by atoms with Crippen molar-refractivity contribution in [2.24, 2.45) is 0 Å². The molecule has 0 saturated carbocycles. The third-order valence-corrected chi connectivity index (χ3v) is 5.00. The highest BCUT2D eigenvalue weighted by Gasteiger charge is 2.18. The zero-order valence-corrected chi connectivity index (χ0v) is 16.0. The number of rotatable bonds is 11. The zero-order chi connectivity index (χ0) is 19.6. The van der Waals surface area contributed by atoms with Crippen molar-refractivity contribution >= 4 is 21.8 Å². The van der Waals surface area contributed by atoms with Crippen LogP contribution in [0.1, 0.15) is 32.3 Å². The Labute approximate surface area is 155 Å². The quantitative estimate of drug-likeness (QED) is 0.500. The number of sulfonamides is 1. The second-order valence-electron chi connectivity index (χ2n) is 5.89. The summed E-state index contributed by atoms with van der Waals surface area (Å²) in [5, 5.41) is 27.2. The number of allylic oxidation sites excluding steroid dienone is 1. The number of aliphatic hydroxyl groups is 2. The summed E-state index contributed by atoms with van der Waals surface area (Å²) in [7, 11) is -4.05. The molecule has 1 aromatic carbocycles. The van der Waals surface area contributed by atoms with Crippen LogP contribution in [0.3, 0.4) is 0 Å². The number of anilines is 1. The number of benzene rings is 1. The molecule has 26 heavy (non-hydrogen) atoms.